The molecule has 3 N–H and O–H groups in total. The van der Waals surface area contributed by atoms with Crippen molar-refractivity contribution in [2.24, 2.45) is 5.73 Å². The average Bonchev–Trinajstić information content (AvgIpc) is 2.34. The van der Waals surface area contributed by atoms with Gasteiger partial charge in [-0.25, -0.2) is 0 Å². The number of ether oxygens (including phenoxy) is 1. The zero-order valence-electron chi connectivity index (χ0n) is 11.7. The first-order valence-electron chi connectivity index (χ1n) is 6.07. The highest BCUT2D eigenvalue weighted by molar-refractivity contribution is 5.85. The molecule has 1 aromatic carbocycles. The van der Waals surface area contributed by atoms with Crippen molar-refractivity contribution < 1.29 is 22.7 Å². The first-order valence-corrected chi connectivity index (χ1v) is 6.07. The Morgan fingerprint density at radius 3 is 2.48 bits per heavy atom. The van der Waals surface area contributed by atoms with Crippen LogP contribution in [0.3, 0.4) is 0 Å². The largest absolute Gasteiger partial charge is 0.491 e. The van der Waals surface area contributed by atoms with Crippen molar-refractivity contribution >= 4 is 18.3 Å². The zero-order valence-corrected chi connectivity index (χ0v) is 12.5. The number of rotatable bonds is 5. The minimum atomic E-state index is -4.51. The Morgan fingerprint density at radius 2 is 2.00 bits per heavy atom. The van der Waals surface area contributed by atoms with Crippen LogP contribution in [0, 0.1) is 0 Å². The fraction of sp³-hybridized carbons (Fsp3) is 0.462. The van der Waals surface area contributed by atoms with Crippen LogP contribution in [0.5, 0.6) is 5.75 Å². The van der Waals surface area contributed by atoms with E-state index in [4.69, 9.17) is 10.5 Å². The molecule has 21 heavy (non-hydrogen) atoms. The first-order chi connectivity index (χ1) is 9.24. The Hall–Kier alpha value is -1.47. The van der Waals surface area contributed by atoms with Crippen molar-refractivity contribution in [3.8, 4) is 5.75 Å². The highest BCUT2D eigenvalue weighted by Crippen LogP contribution is 2.34. The smallest absolute Gasteiger partial charge is 0.416 e. The summed E-state index contributed by atoms with van der Waals surface area (Å²) in [6.07, 6.45) is -4.74. The molecule has 0 unspecified atom stereocenters. The molecule has 0 heterocycles. The molecule has 1 aromatic rings. The van der Waals surface area contributed by atoms with Gasteiger partial charge >= 0.3 is 6.18 Å². The molecule has 1 amide bonds. The summed E-state index contributed by atoms with van der Waals surface area (Å²) in [5.74, 6) is -0.373. The molecule has 0 bridgehead atoms. The molecule has 0 fully saturated rings. The van der Waals surface area contributed by atoms with Gasteiger partial charge in [0.25, 0.3) is 0 Å². The molecule has 0 radical (unpaired) electrons. The SMILES string of the molecule is CC(C)Oc1ccc(CNC(=O)CN)c(C(F)(F)F)c1.Cl. The van der Waals surface area contributed by atoms with E-state index in [1.165, 1.54) is 12.1 Å². The third-order valence-corrected chi connectivity index (χ3v) is 2.42. The summed E-state index contributed by atoms with van der Waals surface area (Å²) in [6.45, 7) is 2.95. The van der Waals surface area contributed by atoms with Crippen molar-refractivity contribution in [2.75, 3.05) is 6.54 Å². The molecule has 0 aliphatic heterocycles. The Labute approximate surface area is 127 Å². The summed E-state index contributed by atoms with van der Waals surface area (Å²) in [7, 11) is 0. The maximum atomic E-state index is 13.0. The van der Waals surface area contributed by atoms with Gasteiger partial charge < -0.3 is 15.8 Å². The number of amides is 1. The topological polar surface area (TPSA) is 64.3 Å². The number of carbonyl (C=O) groups is 1. The fourth-order valence-corrected chi connectivity index (χ4v) is 1.59. The Bertz CT molecular complexity index is 479. The Morgan fingerprint density at radius 1 is 1.38 bits per heavy atom. The monoisotopic (exact) mass is 326 g/mol. The van der Waals surface area contributed by atoms with Crippen LogP contribution in [-0.2, 0) is 17.5 Å². The molecule has 4 nitrogen and oxygen atoms in total. The summed E-state index contributed by atoms with van der Waals surface area (Å²) in [5, 5.41) is 2.32. The molecule has 0 atom stereocenters. The van der Waals surface area contributed by atoms with Crippen LogP contribution in [0.4, 0.5) is 13.2 Å². The normalized spacial score (nSPS) is 11.0. The molecule has 0 saturated carbocycles. The van der Waals surface area contributed by atoms with E-state index in [-0.39, 0.29) is 42.9 Å². The lowest BCUT2D eigenvalue weighted by molar-refractivity contribution is -0.138. The maximum Gasteiger partial charge on any atom is 0.416 e. The van der Waals surface area contributed by atoms with Gasteiger partial charge in [0, 0.05) is 6.54 Å². The van der Waals surface area contributed by atoms with Crippen molar-refractivity contribution in [3.05, 3.63) is 29.3 Å². The second kappa shape index (κ2) is 8.09. The summed E-state index contributed by atoms with van der Waals surface area (Å²) in [6, 6.07) is 3.67. The lowest BCUT2D eigenvalue weighted by atomic mass is 10.1. The number of carbonyl (C=O) groups excluding carboxylic acids is 1. The van der Waals surface area contributed by atoms with Gasteiger partial charge in [0.15, 0.2) is 0 Å². The zero-order chi connectivity index (χ0) is 15.3. The van der Waals surface area contributed by atoms with Gasteiger partial charge in [-0.05, 0) is 31.5 Å². The standard InChI is InChI=1S/C13H17F3N2O2.ClH/c1-8(2)20-10-4-3-9(7-18-12(19)6-17)11(5-10)13(14,15)16;/h3-5,8H,6-7,17H2,1-2H3,(H,18,19);1H. The van der Waals surface area contributed by atoms with E-state index in [0.29, 0.717) is 0 Å². The van der Waals surface area contributed by atoms with E-state index in [1.54, 1.807) is 13.8 Å². The maximum absolute atomic E-state index is 13.0. The fourth-order valence-electron chi connectivity index (χ4n) is 1.59. The predicted octanol–water partition coefficient (Wildman–Crippen LogP) is 2.49. The highest BCUT2D eigenvalue weighted by atomic mass is 35.5. The van der Waals surface area contributed by atoms with E-state index >= 15 is 0 Å². The van der Waals surface area contributed by atoms with Gasteiger partial charge in [0.05, 0.1) is 18.2 Å². The van der Waals surface area contributed by atoms with Crippen molar-refractivity contribution in [3.63, 3.8) is 0 Å². The van der Waals surface area contributed by atoms with Gasteiger partial charge in [0.2, 0.25) is 5.91 Å². The minimum Gasteiger partial charge on any atom is -0.491 e. The second-order valence-corrected chi connectivity index (χ2v) is 4.46. The summed E-state index contributed by atoms with van der Waals surface area (Å²) >= 11 is 0. The molecule has 0 aliphatic carbocycles. The molecule has 0 aromatic heterocycles. The molecule has 8 heteroatoms. The highest BCUT2D eigenvalue weighted by Gasteiger charge is 2.33. The van der Waals surface area contributed by atoms with Crippen molar-refractivity contribution in [1.29, 1.82) is 0 Å². The average molecular weight is 327 g/mol. The molecule has 1 rings (SSSR count). The van der Waals surface area contributed by atoms with Crippen LogP contribution < -0.4 is 15.8 Å². The third kappa shape index (κ3) is 6.22. The van der Waals surface area contributed by atoms with Gasteiger partial charge in [-0.15, -0.1) is 12.4 Å². The van der Waals surface area contributed by atoms with Crippen LogP contribution in [0.25, 0.3) is 0 Å². The van der Waals surface area contributed by atoms with Crippen LogP contribution in [-0.4, -0.2) is 18.6 Å². The van der Waals surface area contributed by atoms with Crippen molar-refractivity contribution in [1.82, 2.24) is 5.32 Å². The van der Waals surface area contributed by atoms with E-state index in [0.717, 1.165) is 6.07 Å². The van der Waals surface area contributed by atoms with Crippen LogP contribution in [0.2, 0.25) is 0 Å². The predicted molar refractivity (Wildman–Crippen MR) is 75.4 cm³/mol. The number of benzene rings is 1. The number of nitrogens with one attached hydrogen (secondary N) is 1. The number of nitrogens with two attached hydrogens (primary N) is 1. The van der Waals surface area contributed by atoms with E-state index in [9.17, 15) is 18.0 Å². The second-order valence-electron chi connectivity index (χ2n) is 4.46. The van der Waals surface area contributed by atoms with Crippen LogP contribution in [0.1, 0.15) is 25.0 Å². The Balaban J connectivity index is 0.00000400. The number of halogens is 4. The lowest BCUT2D eigenvalue weighted by Crippen LogP contribution is -2.30. The Kier molecular flexibility index (Phi) is 7.52. The molecule has 0 spiro atoms. The summed E-state index contributed by atoms with van der Waals surface area (Å²) in [5.41, 5.74) is 4.23. The molecule has 0 saturated heterocycles. The first kappa shape index (κ1) is 19.5. The molecular formula is C13H18ClF3N2O2. The van der Waals surface area contributed by atoms with E-state index < -0.39 is 17.6 Å². The quantitative estimate of drug-likeness (QED) is 0.873. The van der Waals surface area contributed by atoms with Crippen LogP contribution in [0.15, 0.2) is 18.2 Å². The third-order valence-electron chi connectivity index (χ3n) is 2.42. The van der Waals surface area contributed by atoms with Crippen LogP contribution >= 0.6 is 12.4 Å². The summed E-state index contributed by atoms with van der Waals surface area (Å²) < 4.78 is 44.2. The van der Waals surface area contributed by atoms with Gasteiger partial charge in [-0.2, -0.15) is 13.2 Å². The van der Waals surface area contributed by atoms with E-state index in [2.05, 4.69) is 5.32 Å². The number of hydrogen-bond acceptors (Lipinski definition) is 3. The van der Waals surface area contributed by atoms with Gasteiger partial charge in [-0.1, -0.05) is 6.07 Å². The van der Waals surface area contributed by atoms with Gasteiger partial charge in [0.1, 0.15) is 5.75 Å². The van der Waals surface area contributed by atoms with E-state index in [1.807, 2.05) is 0 Å². The lowest BCUT2D eigenvalue weighted by Gasteiger charge is -2.16. The minimum absolute atomic E-state index is 0. The molecular weight excluding hydrogens is 309 g/mol. The van der Waals surface area contributed by atoms with Crippen molar-refractivity contribution in [2.45, 2.75) is 32.7 Å². The molecule has 0 aliphatic rings. The number of hydrogen-bond donors (Lipinski definition) is 2. The summed E-state index contributed by atoms with van der Waals surface area (Å²) in [4.78, 5) is 11.0. The van der Waals surface area contributed by atoms with Gasteiger partial charge in [-0.3, -0.25) is 4.79 Å². The number of alkyl halides is 3. The molecule has 120 valence electrons.